The molecule has 1 heterocycles. The number of hydrogen-bond donors (Lipinski definition) is 1. The maximum absolute atomic E-state index is 13.0. The van der Waals surface area contributed by atoms with Gasteiger partial charge >= 0.3 is 6.18 Å². The third kappa shape index (κ3) is 3.98. The molecule has 0 aromatic heterocycles. The number of amides is 1. The summed E-state index contributed by atoms with van der Waals surface area (Å²) in [6, 6.07) is 3.96. The SMILES string of the molecule is Cc1c(OC2CCN(C(=O)[C@H]3C[C@@](C)(O)C3)CC2)cccc1C(F)(F)F. The van der Waals surface area contributed by atoms with Gasteiger partial charge in [0, 0.05) is 37.4 Å². The second-order valence-electron chi connectivity index (χ2n) is 7.67. The second kappa shape index (κ2) is 6.76. The van der Waals surface area contributed by atoms with Gasteiger partial charge in [0.05, 0.1) is 11.2 Å². The molecule has 1 saturated carbocycles. The summed E-state index contributed by atoms with van der Waals surface area (Å²) in [6.45, 7) is 4.20. The Hall–Kier alpha value is -1.76. The molecular weight excluding hydrogens is 347 g/mol. The van der Waals surface area contributed by atoms with E-state index in [2.05, 4.69) is 0 Å². The molecule has 1 aliphatic carbocycles. The number of alkyl halides is 3. The lowest BCUT2D eigenvalue weighted by Crippen LogP contribution is -2.51. The van der Waals surface area contributed by atoms with Crippen molar-refractivity contribution in [1.82, 2.24) is 4.90 Å². The van der Waals surface area contributed by atoms with Crippen molar-refractivity contribution in [2.75, 3.05) is 13.1 Å². The Kier molecular flexibility index (Phi) is 4.94. The first-order valence-electron chi connectivity index (χ1n) is 8.91. The summed E-state index contributed by atoms with van der Waals surface area (Å²) in [5, 5.41) is 9.77. The van der Waals surface area contributed by atoms with Crippen molar-refractivity contribution in [1.29, 1.82) is 0 Å². The summed E-state index contributed by atoms with van der Waals surface area (Å²) in [7, 11) is 0. The van der Waals surface area contributed by atoms with Gasteiger partial charge in [-0.1, -0.05) is 6.07 Å². The Morgan fingerprint density at radius 2 is 1.88 bits per heavy atom. The summed E-state index contributed by atoms with van der Waals surface area (Å²) in [5.41, 5.74) is -1.32. The van der Waals surface area contributed by atoms with E-state index in [4.69, 9.17) is 4.74 Å². The van der Waals surface area contributed by atoms with Crippen LogP contribution in [0.1, 0.15) is 43.7 Å². The van der Waals surface area contributed by atoms with Crippen LogP contribution in [-0.2, 0) is 11.0 Å². The first kappa shape index (κ1) is 19.0. The van der Waals surface area contributed by atoms with E-state index in [1.54, 1.807) is 17.9 Å². The molecule has 0 spiro atoms. The minimum atomic E-state index is -4.40. The van der Waals surface area contributed by atoms with Gasteiger partial charge < -0.3 is 14.7 Å². The van der Waals surface area contributed by atoms with Crippen molar-refractivity contribution < 1.29 is 27.8 Å². The number of benzene rings is 1. The Bertz CT molecular complexity index is 671. The molecule has 2 aliphatic rings. The molecule has 4 nitrogen and oxygen atoms in total. The smallest absolute Gasteiger partial charge is 0.416 e. The molecule has 2 fully saturated rings. The van der Waals surface area contributed by atoms with Gasteiger partial charge in [-0.05, 0) is 38.8 Å². The second-order valence-corrected chi connectivity index (χ2v) is 7.67. The number of carbonyl (C=O) groups is 1. The van der Waals surface area contributed by atoms with Crippen LogP contribution < -0.4 is 4.74 Å². The highest BCUT2D eigenvalue weighted by Crippen LogP contribution is 2.39. The maximum Gasteiger partial charge on any atom is 0.416 e. The fourth-order valence-electron chi connectivity index (χ4n) is 3.86. The van der Waals surface area contributed by atoms with E-state index in [0.29, 0.717) is 38.8 Å². The molecule has 0 unspecified atom stereocenters. The van der Waals surface area contributed by atoms with Crippen LogP contribution in [0.25, 0.3) is 0 Å². The van der Waals surface area contributed by atoms with E-state index in [0.717, 1.165) is 6.07 Å². The van der Waals surface area contributed by atoms with E-state index in [1.807, 2.05) is 0 Å². The molecular formula is C19H24F3NO3. The van der Waals surface area contributed by atoms with Crippen LogP contribution >= 0.6 is 0 Å². The van der Waals surface area contributed by atoms with Crippen LogP contribution in [0, 0.1) is 12.8 Å². The van der Waals surface area contributed by atoms with Gasteiger partial charge in [-0.15, -0.1) is 0 Å². The van der Waals surface area contributed by atoms with Gasteiger partial charge in [-0.2, -0.15) is 13.2 Å². The fourth-order valence-corrected chi connectivity index (χ4v) is 3.86. The number of likely N-dealkylation sites (tertiary alicyclic amines) is 1. The van der Waals surface area contributed by atoms with Crippen molar-refractivity contribution in [3.05, 3.63) is 29.3 Å². The number of carbonyl (C=O) groups excluding carboxylic acids is 1. The van der Waals surface area contributed by atoms with Crippen LogP contribution in [0.15, 0.2) is 18.2 Å². The van der Waals surface area contributed by atoms with Crippen LogP contribution in [0.2, 0.25) is 0 Å². The molecule has 144 valence electrons. The Balaban J connectivity index is 1.56. The van der Waals surface area contributed by atoms with E-state index in [-0.39, 0.29) is 29.2 Å². The van der Waals surface area contributed by atoms with Crippen LogP contribution in [0.5, 0.6) is 5.75 Å². The van der Waals surface area contributed by atoms with Crippen molar-refractivity contribution in [3.63, 3.8) is 0 Å². The van der Waals surface area contributed by atoms with Gasteiger partial charge in [0.15, 0.2) is 0 Å². The lowest BCUT2D eigenvalue weighted by Gasteiger charge is -2.43. The average Bonchev–Trinajstić information content (AvgIpc) is 2.53. The molecule has 1 aromatic rings. The quantitative estimate of drug-likeness (QED) is 0.884. The predicted octanol–water partition coefficient (Wildman–Crippen LogP) is 3.54. The molecule has 1 saturated heterocycles. The van der Waals surface area contributed by atoms with Crippen molar-refractivity contribution in [2.24, 2.45) is 5.92 Å². The van der Waals surface area contributed by atoms with E-state index in [1.165, 1.54) is 13.0 Å². The molecule has 1 aliphatic heterocycles. The Morgan fingerprint density at radius 1 is 1.27 bits per heavy atom. The Morgan fingerprint density at radius 3 is 2.42 bits per heavy atom. The molecule has 0 bridgehead atoms. The highest BCUT2D eigenvalue weighted by molar-refractivity contribution is 5.80. The first-order chi connectivity index (χ1) is 12.1. The summed E-state index contributed by atoms with van der Waals surface area (Å²) in [6.07, 6.45) is -2.44. The highest BCUT2D eigenvalue weighted by Gasteiger charge is 2.44. The minimum absolute atomic E-state index is 0.0604. The van der Waals surface area contributed by atoms with Crippen LogP contribution in [0.4, 0.5) is 13.2 Å². The maximum atomic E-state index is 13.0. The molecule has 7 heteroatoms. The summed E-state index contributed by atoms with van der Waals surface area (Å²) < 4.78 is 44.8. The summed E-state index contributed by atoms with van der Waals surface area (Å²) in [4.78, 5) is 14.2. The lowest BCUT2D eigenvalue weighted by atomic mass is 9.71. The standard InChI is InChI=1S/C19H24F3NO3/c1-12-15(19(20,21)22)4-3-5-16(12)26-14-6-8-23(9-7-14)17(24)13-10-18(2,25)11-13/h3-5,13-14,25H,6-11H2,1-2H3/t13-,18+. The average molecular weight is 371 g/mol. The first-order valence-corrected chi connectivity index (χ1v) is 8.91. The van der Waals surface area contributed by atoms with Gasteiger partial charge in [-0.25, -0.2) is 0 Å². The zero-order chi connectivity index (χ0) is 19.1. The van der Waals surface area contributed by atoms with Crippen molar-refractivity contribution >= 4 is 5.91 Å². The largest absolute Gasteiger partial charge is 0.490 e. The van der Waals surface area contributed by atoms with Gasteiger partial charge in [0.2, 0.25) is 5.91 Å². The van der Waals surface area contributed by atoms with E-state index in [9.17, 15) is 23.1 Å². The monoisotopic (exact) mass is 371 g/mol. The molecule has 0 radical (unpaired) electrons. The number of aliphatic hydroxyl groups is 1. The molecule has 1 amide bonds. The normalized spacial score (nSPS) is 27.2. The van der Waals surface area contributed by atoms with E-state index >= 15 is 0 Å². The van der Waals surface area contributed by atoms with Crippen LogP contribution in [-0.4, -0.2) is 40.7 Å². The molecule has 0 atom stereocenters. The van der Waals surface area contributed by atoms with Gasteiger partial charge in [0.1, 0.15) is 11.9 Å². The highest BCUT2D eigenvalue weighted by atomic mass is 19.4. The van der Waals surface area contributed by atoms with Crippen molar-refractivity contribution in [3.8, 4) is 5.75 Å². The number of hydrogen-bond acceptors (Lipinski definition) is 3. The minimum Gasteiger partial charge on any atom is -0.490 e. The van der Waals surface area contributed by atoms with Gasteiger partial charge in [0.25, 0.3) is 0 Å². The summed E-state index contributed by atoms with van der Waals surface area (Å²) >= 11 is 0. The number of rotatable bonds is 3. The number of ether oxygens (including phenoxy) is 1. The number of halogens is 3. The Labute approximate surface area is 150 Å². The zero-order valence-electron chi connectivity index (χ0n) is 15.0. The van der Waals surface area contributed by atoms with E-state index < -0.39 is 17.3 Å². The van der Waals surface area contributed by atoms with Crippen LogP contribution in [0.3, 0.4) is 0 Å². The summed E-state index contributed by atoms with van der Waals surface area (Å²) in [5.74, 6) is 0.193. The van der Waals surface area contributed by atoms with Crippen molar-refractivity contribution in [2.45, 2.75) is 57.4 Å². The zero-order valence-corrected chi connectivity index (χ0v) is 15.0. The fraction of sp³-hybridized carbons (Fsp3) is 0.632. The molecule has 1 N–H and O–H groups in total. The molecule has 1 aromatic carbocycles. The topological polar surface area (TPSA) is 49.8 Å². The third-order valence-electron chi connectivity index (χ3n) is 5.36. The molecule has 26 heavy (non-hydrogen) atoms. The van der Waals surface area contributed by atoms with Gasteiger partial charge in [-0.3, -0.25) is 4.79 Å². The molecule has 3 rings (SSSR count). The lowest BCUT2D eigenvalue weighted by molar-refractivity contribution is -0.151. The predicted molar refractivity (Wildman–Crippen MR) is 89.8 cm³/mol. The number of piperidine rings is 1. The number of nitrogens with zero attached hydrogens (tertiary/aromatic N) is 1. The third-order valence-corrected chi connectivity index (χ3v) is 5.36.